The summed E-state index contributed by atoms with van der Waals surface area (Å²) in [4.78, 5) is 32.6. The first-order chi connectivity index (χ1) is 16.1. The molecule has 2 heterocycles. The Morgan fingerprint density at radius 1 is 1.06 bits per heavy atom. The number of allylic oxidation sites excluding steroid dienone is 3. The van der Waals surface area contributed by atoms with E-state index in [4.69, 9.17) is 0 Å². The van der Waals surface area contributed by atoms with Gasteiger partial charge in [-0.05, 0) is 49.4 Å². The smallest absolute Gasteiger partial charge is 0.230 e. The molecule has 5 rings (SSSR count). The molecule has 0 aromatic heterocycles. The maximum absolute atomic E-state index is 13.0. The van der Waals surface area contributed by atoms with Crippen LogP contribution >= 0.6 is 0 Å². The van der Waals surface area contributed by atoms with E-state index in [1.807, 2.05) is 25.2 Å². The van der Waals surface area contributed by atoms with Gasteiger partial charge in [-0.2, -0.15) is 0 Å². The maximum atomic E-state index is 13.0. The summed E-state index contributed by atoms with van der Waals surface area (Å²) in [6.45, 7) is 5.60. The maximum Gasteiger partial charge on any atom is 0.230 e. The first-order valence-corrected chi connectivity index (χ1v) is 12.9. The Morgan fingerprint density at radius 3 is 2.64 bits per heavy atom. The molecule has 0 spiro atoms. The molecule has 2 aliphatic heterocycles. The van der Waals surface area contributed by atoms with E-state index < -0.39 is 0 Å². The molecule has 1 amide bonds. The number of carbonyl (C=O) groups excluding carboxylic acids is 2. The Kier molecular flexibility index (Phi) is 6.79. The van der Waals surface area contributed by atoms with Gasteiger partial charge in [0.1, 0.15) is 0 Å². The van der Waals surface area contributed by atoms with Crippen LogP contribution in [-0.2, 0) is 4.79 Å². The van der Waals surface area contributed by atoms with E-state index in [1.54, 1.807) is 4.90 Å². The number of benzene rings is 1. The zero-order chi connectivity index (χ0) is 22.8. The van der Waals surface area contributed by atoms with E-state index in [-0.39, 0.29) is 11.7 Å². The molecule has 0 N–H and O–H groups in total. The van der Waals surface area contributed by atoms with Gasteiger partial charge in [-0.15, -0.1) is 0 Å². The van der Waals surface area contributed by atoms with Crippen molar-refractivity contribution in [2.24, 2.45) is 0 Å². The van der Waals surface area contributed by atoms with E-state index in [9.17, 15) is 9.59 Å². The van der Waals surface area contributed by atoms with Crippen LogP contribution in [0.4, 0.5) is 5.69 Å². The predicted octanol–water partition coefficient (Wildman–Crippen LogP) is 4.68. The van der Waals surface area contributed by atoms with Gasteiger partial charge in [-0.1, -0.05) is 43.5 Å². The summed E-state index contributed by atoms with van der Waals surface area (Å²) >= 11 is 0. The monoisotopic (exact) mass is 447 g/mol. The lowest BCUT2D eigenvalue weighted by Gasteiger charge is -2.40. The molecular weight excluding hydrogens is 410 g/mol. The third kappa shape index (κ3) is 4.85. The standard InChI is InChI=1S/C28H37N3O2/c1-29-26-19-22(12-13-25(26)24-10-5-7-21(24)20-28(29)33)27(32)11-6-14-30-15-17-31(18-16-30)23-8-3-2-4-9-23/h5,10,12-13,19,23H,2-4,6-9,11,14-18,20H2,1H3. The largest absolute Gasteiger partial charge is 0.315 e. The number of piperazine rings is 1. The minimum absolute atomic E-state index is 0.0990. The van der Waals surface area contributed by atoms with Crippen LogP contribution in [0, 0.1) is 0 Å². The normalized spacial score (nSPS) is 22.5. The third-order valence-electron chi connectivity index (χ3n) is 8.12. The molecule has 0 bridgehead atoms. The van der Waals surface area contributed by atoms with Gasteiger partial charge in [-0.3, -0.25) is 14.5 Å². The van der Waals surface area contributed by atoms with Crippen LogP contribution in [0.3, 0.4) is 0 Å². The summed E-state index contributed by atoms with van der Waals surface area (Å²) in [6, 6.07) is 6.73. The molecule has 0 atom stereocenters. The van der Waals surface area contributed by atoms with E-state index >= 15 is 0 Å². The Balaban J connectivity index is 1.15. The summed E-state index contributed by atoms with van der Waals surface area (Å²) < 4.78 is 0. The van der Waals surface area contributed by atoms with Crippen molar-refractivity contribution in [3.63, 3.8) is 0 Å². The Bertz CT molecular complexity index is 965. The fourth-order valence-corrected chi connectivity index (χ4v) is 6.05. The predicted molar refractivity (Wildman–Crippen MR) is 134 cm³/mol. The Labute approximate surface area is 198 Å². The molecule has 176 valence electrons. The summed E-state index contributed by atoms with van der Waals surface area (Å²) in [5, 5.41) is 0. The Hall–Kier alpha value is -2.24. The van der Waals surface area contributed by atoms with Gasteiger partial charge in [-0.25, -0.2) is 0 Å². The molecule has 1 saturated heterocycles. The highest BCUT2D eigenvalue weighted by molar-refractivity contribution is 6.05. The van der Waals surface area contributed by atoms with Crippen molar-refractivity contribution in [1.82, 2.24) is 9.80 Å². The van der Waals surface area contributed by atoms with Gasteiger partial charge in [0, 0.05) is 63.2 Å². The number of hydrogen-bond donors (Lipinski definition) is 0. The number of Topliss-reactive ketones (excluding diaryl/α,β-unsaturated/α-hetero) is 1. The number of anilines is 1. The highest BCUT2D eigenvalue weighted by Crippen LogP contribution is 2.39. The molecule has 5 heteroatoms. The zero-order valence-corrected chi connectivity index (χ0v) is 20.0. The molecule has 4 aliphatic rings. The molecule has 2 aliphatic carbocycles. The van der Waals surface area contributed by atoms with Crippen LogP contribution in [-0.4, -0.2) is 67.3 Å². The molecular formula is C28H37N3O2. The topological polar surface area (TPSA) is 43.9 Å². The number of hydrogen-bond acceptors (Lipinski definition) is 4. The molecule has 1 saturated carbocycles. The second-order valence-corrected chi connectivity index (χ2v) is 10.2. The number of ketones is 1. The van der Waals surface area contributed by atoms with Crippen LogP contribution in [0.2, 0.25) is 0 Å². The number of amides is 1. The van der Waals surface area contributed by atoms with Crippen LogP contribution in [0.1, 0.15) is 73.7 Å². The molecule has 1 aromatic rings. The van der Waals surface area contributed by atoms with Crippen molar-refractivity contribution in [2.45, 2.75) is 63.8 Å². The minimum Gasteiger partial charge on any atom is -0.315 e. The van der Waals surface area contributed by atoms with E-state index in [0.29, 0.717) is 12.8 Å². The van der Waals surface area contributed by atoms with Crippen LogP contribution < -0.4 is 4.90 Å². The van der Waals surface area contributed by atoms with E-state index in [0.717, 1.165) is 60.9 Å². The van der Waals surface area contributed by atoms with Crippen molar-refractivity contribution in [3.05, 3.63) is 47.1 Å². The molecule has 5 nitrogen and oxygen atoms in total. The molecule has 2 fully saturated rings. The molecule has 0 unspecified atom stereocenters. The number of rotatable bonds is 6. The fourth-order valence-electron chi connectivity index (χ4n) is 6.05. The molecule has 1 aromatic carbocycles. The summed E-state index contributed by atoms with van der Waals surface area (Å²) in [7, 11) is 1.83. The van der Waals surface area contributed by atoms with Crippen molar-refractivity contribution in [1.29, 1.82) is 0 Å². The average Bonchev–Trinajstić information content (AvgIpc) is 3.28. The van der Waals surface area contributed by atoms with Crippen molar-refractivity contribution in [2.75, 3.05) is 44.7 Å². The summed E-state index contributed by atoms with van der Waals surface area (Å²) in [5.41, 5.74) is 5.00. The lowest BCUT2D eigenvalue weighted by Crippen LogP contribution is -2.50. The number of fused-ring (bicyclic) bond motifs is 2. The summed E-state index contributed by atoms with van der Waals surface area (Å²) in [5.74, 6) is 0.279. The van der Waals surface area contributed by atoms with Gasteiger partial charge in [0.15, 0.2) is 5.78 Å². The highest BCUT2D eigenvalue weighted by Gasteiger charge is 2.27. The van der Waals surface area contributed by atoms with Gasteiger partial charge in [0.05, 0.1) is 5.69 Å². The van der Waals surface area contributed by atoms with Gasteiger partial charge >= 0.3 is 0 Å². The van der Waals surface area contributed by atoms with E-state index in [1.165, 1.54) is 50.8 Å². The first-order valence-electron chi connectivity index (χ1n) is 12.9. The van der Waals surface area contributed by atoms with Gasteiger partial charge in [0.25, 0.3) is 0 Å². The van der Waals surface area contributed by atoms with Crippen LogP contribution in [0.25, 0.3) is 5.57 Å². The van der Waals surface area contributed by atoms with E-state index in [2.05, 4.69) is 22.0 Å². The number of carbonyl (C=O) groups is 2. The third-order valence-corrected chi connectivity index (χ3v) is 8.12. The second kappa shape index (κ2) is 9.94. The van der Waals surface area contributed by atoms with Crippen molar-refractivity contribution >= 4 is 23.0 Å². The lowest BCUT2D eigenvalue weighted by molar-refractivity contribution is -0.117. The fraction of sp³-hybridized carbons (Fsp3) is 0.571. The minimum atomic E-state index is 0.0990. The SMILES string of the molecule is CN1C(=O)CC2=C(C=CC2)c2ccc(C(=O)CCCN3CCN(C4CCCCC4)CC3)cc21. The van der Waals surface area contributed by atoms with Gasteiger partial charge in [0.2, 0.25) is 5.91 Å². The number of nitrogens with zero attached hydrogens (tertiary/aromatic N) is 3. The quantitative estimate of drug-likeness (QED) is 0.594. The second-order valence-electron chi connectivity index (χ2n) is 10.2. The summed E-state index contributed by atoms with van der Waals surface area (Å²) in [6.07, 6.45) is 14.0. The zero-order valence-electron chi connectivity index (χ0n) is 20.0. The lowest BCUT2D eigenvalue weighted by atomic mass is 9.94. The van der Waals surface area contributed by atoms with Crippen molar-refractivity contribution < 1.29 is 9.59 Å². The average molecular weight is 448 g/mol. The Morgan fingerprint density at radius 2 is 1.85 bits per heavy atom. The first kappa shape index (κ1) is 22.5. The van der Waals surface area contributed by atoms with Crippen molar-refractivity contribution in [3.8, 4) is 0 Å². The van der Waals surface area contributed by atoms with Crippen LogP contribution in [0.15, 0.2) is 35.9 Å². The molecule has 33 heavy (non-hydrogen) atoms. The molecule has 0 radical (unpaired) electrons. The van der Waals surface area contributed by atoms with Gasteiger partial charge < -0.3 is 9.80 Å². The highest BCUT2D eigenvalue weighted by atomic mass is 16.2. The van der Waals surface area contributed by atoms with Crippen LogP contribution in [0.5, 0.6) is 0 Å².